The van der Waals surface area contributed by atoms with Crippen molar-refractivity contribution in [2.24, 2.45) is 0 Å². The van der Waals surface area contributed by atoms with Crippen molar-refractivity contribution in [2.45, 2.75) is 56.6 Å². The van der Waals surface area contributed by atoms with E-state index in [9.17, 15) is 33.0 Å². The lowest BCUT2D eigenvalue weighted by Crippen LogP contribution is -2.48. The Balaban J connectivity index is 1.55. The zero-order chi connectivity index (χ0) is 31.9. The van der Waals surface area contributed by atoms with E-state index >= 15 is 0 Å². The third-order valence-corrected chi connectivity index (χ3v) is 7.98. The summed E-state index contributed by atoms with van der Waals surface area (Å²) >= 11 is 0. The highest BCUT2D eigenvalue weighted by atomic mass is 32.2. The van der Waals surface area contributed by atoms with E-state index in [1.807, 2.05) is 11.6 Å². The number of aliphatic carboxylic acids is 1. The van der Waals surface area contributed by atoms with Crippen molar-refractivity contribution < 1.29 is 37.4 Å². The van der Waals surface area contributed by atoms with Gasteiger partial charge in [0, 0.05) is 18.7 Å². The molecule has 4 rings (SSSR count). The summed E-state index contributed by atoms with van der Waals surface area (Å²) in [5, 5.41) is 22.2. The first-order valence-corrected chi connectivity index (χ1v) is 15.1. The molecule has 4 aromatic rings. The van der Waals surface area contributed by atoms with Gasteiger partial charge in [-0.25, -0.2) is 22.9 Å². The molecule has 2 aromatic carbocycles. The number of carboxylic acids is 1. The molecule has 0 bridgehead atoms. The van der Waals surface area contributed by atoms with Crippen LogP contribution in [0.4, 0.5) is 0 Å². The second kappa shape index (κ2) is 14.0. The minimum atomic E-state index is -4.13. The first-order valence-electron chi connectivity index (χ1n) is 13.7. The number of aromatic nitrogens is 3. The molecule has 0 aliphatic carbocycles. The molecule has 0 saturated carbocycles. The van der Waals surface area contributed by atoms with Crippen molar-refractivity contribution in [1.82, 2.24) is 25.0 Å². The predicted octanol–water partition coefficient (Wildman–Crippen LogP) is 2.29. The van der Waals surface area contributed by atoms with E-state index in [0.717, 1.165) is 12.5 Å². The number of aliphatic hydroxyl groups excluding tert-OH is 1. The highest BCUT2D eigenvalue weighted by Crippen LogP contribution is 2.26. The van der Waals surface area contributed by atoms with E-state index in [2.05, 4.69) is 20.3 Å². The van der Waals surface area contributed by atoms with E-state index < -0.39 is 40.0 Å². The van der Waals surface area contributed by atoms with Gasteiger partial charge in [-0.1, -0.05) is 61.9 Å². The van der Waals surface area contributed by atoms with Gasteiger partial charge < -0.3 is 19.9 Å². The fourth-order valence-electron chi connectivity index (χ4n) is 4.47. The van der Waals surface area contributed by atoms with E-state index in [1.165, 1.54) is 24.5 Å². The van der Waals surface area contributed by atoms with E-state index in [0.29, 0.717) is 30.0 Å². The number of carboxylic acid groups (broad SMARTS) is 1. The van der Waals surface area contributed by atoms with Crippen LogP contribution >= 0.6 is 0 Å². The highest BCUT2D eigenvalue weighted by Gasteiger charge is 2.30. The van der Waals surface area contributed by atoms with Gasteiger partial charge in [0.15, 0.2) is 6.10 Å². The van der Waals surface area contributed by atoms with E-state index in [1.54, 1.807) is 42.5 Å². The van der Waals surface area contributed by atoms with E-state index in [4.69, 9.17) is 4.42 Å². The number of benzene rings is 2. The highest BCUT2D eigenvalue weighted by molar-refractivity contribution is 7.90. The molecule has 0 spiro atoms. The Morgan fingerprint density at radius 1 is 1.00 bits per heavy atom. The van der Waals surface area contributed by atoms with Crippen LogP contribution in [0.25, 0.3) is 11.3 Å². The van der Waals surface area contributed by atoms with Crippen molar-refractivity contribution in [3.63, 3.8) is 0 Å². The van der Waals surface area contributed by atoms with Crippen molar-refractivity contribution in [2.75, 3.05) is 0 Å². The lowest BCUT2D eigenvalue weighted by molar-refractivity contribution is -0.148. The molecule has 2 aromatic heterocycles. The van der Waals surface area contributed by atoms with Crippen molar-refractivity contribution in [3.05, 3.63) is 95.6 Å². The van der Waals surface area contributed by atoms with Crippen LogP contribution in [-0.2, 0) is 38.9 Å². The molecule has 0 aliphatic rings. The summed E-state index contributed by atoms with van der Waals surface area (Å²) < 4.78 is 33.1. The number of rotatable bonds is 13. The molecule has 2 heterocycles. The van der Waals surface area contributed by atoms with Crippen LogP contribution in [0.2, 0.25) is 0 Å². The number of aliphatic hydroxyl groups is 1. The molecule has 2 atom stereocenters. The first kappa shape index (κ1) is 32.0. The molecular formula is C30H31N5O8S. The SMILES string of the molecule is CCCc1nc(C(=O)NC(Cc2ccccc2)C(O)C(=O)O)oc1Cc1cnc(-c2ccccc2S(=O)(=O)NC(C)=O)cn1. The number of carbonyl (C=O) groups excluding carboxylic acids is 2. The molecule has 14 heteroatoms. The number of nitrogens with zero attached hydrogens (tertiary/aromatic N) is 3. The van der Waals surface area contributed by atoms with Crippen molar-refractivity contribution in [1.29, 1.82) is 0 Å². The lowest BCUT2D eigenvalue weighted by atomic mass is 10.0. The Labute approximate surface area is 253 Å². The monoisotopic (exact) mass is 621 g/mol. The van der Waals surface area contributed by atoms with Crippen LogP contribution in [0.3, 0.4) is 0 Å². The first-order chi connectivity index (χ1) is 21.0. The summed E-state index contributed by atoms with van der Waals surface area (Å²) in [6.45, 7) is 3.03. The van der Waals surface area contributed by atoms with Gasteiger partial charge in [-0.2, -0.15) is 0 Å². The number of amides is 2. The van der Waals surface area contributed by atoms with Crippen LogP contribution in [0.1, 0.15) is 53.7 Å². The number of sulfonamides is 1. The fraction of sp³-hybridized carbons (Fsp3) is 0.267. The lowest BCUT2D eigenvalue weighted by Gasteiger charge is -2.20. The van der Waals surface area contributed by atoms with Gasteiger partial charge in [0.1, 0.15) is 5.76 Å². The molecule has 0 aliphatic heterocycles. The predicted molar refractivity (Wildman–Crippen MR) is 157 cm³/mol. The standard InChI is InChI=1S/C30H31N5O8S/c1-3-9-22-25(43-29(34-22)28(38)33-23(27(37)30(39)40)14-19-10-5-4-6-11-19)15-20-16-32-24(17-31-20)21-12-7-8-13-26(21)44(41,42)35-18(2)36/h4-8,10-13,16-17,23,27,37H,3,9,14-15H2,1-2H3,(H,33,38)(H,35,36)(H,39,40). The summed E-state index contributed by atoms with van der Waals surface area (Å²) in [6.07, 6.45) is 2.32. The van der Waals surface area contributed by atoms with Gasteiger partial charge in [0.2, 0.25) is 5.91 Å². The molecular weight excluding hydrogens is 590 g/mol. The average Bonchev–Trinajstić information content (AvgIpc) is 3.39. The van der Waals surface area contributed by atoms with Gasteiger partial charge in [-0.15, -0.1) is 0 Å². The third kappa shape index (κ3) is 7.90. The maximum absolute atomic E-state index is 13.1. The van der Waals surface area contributed by atoms with Gasteiger partial charge in [-0.3, -0.25) is 19.6 Å². The van der Waals surface area contributed by atoms with Crippen molar-refractivity contribution >= 4 is 27.8 Å². The van der Waals surface area contributed by atoms with Crippen LogP contribution in [0.5, 0.6) is 0 Å². The molecule has 13 nitrogen and oxygen atoms in total. The molecule has 2 unspecified atom stereocenters. The summed E-state index contributed by atoms with van der Waals surface area (Å²) in [5.41, 5.74) is 2.17. The number of oxazole rings is 1. The molecule has 0 saturated heterocycles. The summed E-state index contributed by atoms with van der Waals surface area (Å²) in [7, 11) is -4.13. The zero-order valence-electron chi connectivity index (χ0n) is 23.9. The smallest absolute Gasteiger partial charge is 0.334 e. The van der Waals surface area contributed by atoms with Crippen LogP contribution in [-0.4, -0.2) is 63.5 Å². The Morgan fingerprint density at radius 3 is 2.34 bits per heavy atom. The maximum atomic E-state index is 13.1. The van der Waals surface area contributed by atoms with E-state index in [-0.39, 0.29) is 34.9 Å². The summed E-state index contributed by atoms with van der Waals surface area (Å²) in [4.78, 5) is 49.0. The van der Waals surface area contributed by atoms with Crippen LogP contribution in [0.15, 0.2) is 76.3 Å². The summed E-state index contributed by atoms with van der Waals surface area (Å²) in [6, 6.07) is 13.7. The van der Waals surface area contributed by atoms with Gasteiger partial charge in [-0.05, 0) is 24.5 Å². The Hall–Kier alpha value is -4.95. The molecule has 2 amide bonds. The average molecular weight is 622 g/mol. The number of carbonyl (C=O) groups is 3. The molecule has 4 N–H and O–H groups in total. The minimum Gasteiger partial charge on any atom is -0.479 e. The number of nitrogens with one attached hydrogen (secondary N) is 2. The number of hydrogen-bond donors (Lipinski definition) is 4. The number of aryl methyl sites for hydroxylation is 1. The largest absolute Gasteiger partial charge is 0.479 e. The van der Waals surface area contributed by atoms with Gasteiger partial charge in [0.25, 0.3) is 15.9 Å². The van der Waals surface area contributed by atoms with Gasteiger partial charge in [0.05, 0.1) is 40.6 Å². The molecule has 0 fully saturated rings. The Kier molecular flexibility index (Phi) is 10.2. The zero-order valence-corrected chi connectivity index (χ0v) is 24.7. The van der Waals surface area contributed by atoms with Crippen LogP contribution in [0, 0.1) is 0 Å². The Morgan fingerprint density at radius 2 is 1.70 bits per heavy atom. The fourth-order valence-corrected chi connectivity index (χ4v) is 5.68. The topological polar surface area (TPSA) is 202 Å². The Bertz CT molecular complexity index is 1740. The quantitative estimate of drug-likeness (QED) is 0.171. The molecule has 44 heavy (non-hydrogen) atoms. The second-order valence-electron chi connectivity index (χ2n) is 9.92. The van der Waals surface area contributed by atoms with Gasteiger partial charge >= 0.3 is 11.9 Å². The molecule has 0 radical (unpaired) electrons. The second-order valence-corrected chi connectivity index (χ2v) is 11.6. The third-order valence-electron chi connectivity index (χ3n) is 6.49. The summed E-state index contributed by atoms with van der Waals surface area (Å²) in [5.74, 6) is -2.93. The number of hydrogen-bond acceptors (Lipinski definition) is 10. The maximum Gasteiger partial charge on any atom is 0.334 e. The minimum absolute atomic E-state index is 0.0621. The van der Waals surface area contributed by atoms with Crippen molar-refractivity contribution in [3.8, 4) is 11.3 Å². The molecule has 230 valence electrons. The normalized spacial score (nSPS) is 12.7. The van der Waals surface area contributed by atoms with Crippen LogP contribution < -0.4 is 10.0 Å².